The van der Waals surface area contributed by atoms with Crippen molar-refractivity contribution in [3.8, 4) is 0 Å². The molecule has 8 nitrogen and oxygen atoms in total. The molecule has 0 radical (unpaired) electrons. The van der Waals surface area contributed by atoms with Gasteiger partial charge in [0.2, 0.25) is 0 Å². The van der Waals surface area contributed by atoms with E-state index in [4.69, 9.17) is 23.2 Å². The predicted molar refractivity (Wildman–Crippen MR) is 138 cm³/mol. The number of hydrogen-bond acceptors (Lipinski definition) is 6. The van der Waals surface area contributed by atoms with Gasteiger partial charge in [-0.25, -0.2) is 14.8 Å². The molecule has 2 aromatic carbocycles. The van der Waals surface area contributed by atoms with Crippen molar-refractivity contribution in [2.24, 2.45) is 0 Å². The number of halogens is 2. The summed E-state index contributed by atoms with van der Waals surface area (Å²) in [5, 5.41) is 9.24. The van der Waals surface area contributed by atoms with Crippen LogP contribution in [0.2, 0.25) is 10.0 Å². The maximum atomic E-state index is 12.4. The molecule has 2 heterocycles. The van der Waals surface area contributed by atoms with E-state index in [0.717, 1.165) is 45.0 Å². The molecule has 1 fully saturated rings. The molecule has 0 bridgehead atoms. The zero-order valence-electron chi connectivity index (χ0n) is 18.9. The minimum absolute atomic E-state index is 0.334. The standard InChI is InChI=1S/C24H27Cl2N7O/c1-2-32-10-12-33(13-11-32)15-17-6-8-18(9-7-17)29-21-14-22(28-16-27-21)30-24(34)31-23-19(25)4-3-5-20(23)26/h3-9,14,16H,2,10-13,15H2,1H3,(H3,27,28,29,30,31,34). The van der Waals surface area contributed by atoms with Gasteiger partial charge < -0.3 is 15.5 Å². The number of nitrogens with zero attached hydrogens (tertiary/aromatic N) is 4. The van der Waals surface area contributed by atoms with Crippen molar-refractivity contribution in [2.75, 3.05) is 48.7 Å². The van der Waals surface area contributed by atoms with Gasteiger partial charge >= 0.3 is 6.03 Å². The van der Waals surface area contributed by atoms with Crippen molar-refractivity contribution in [3.05, 3.63) is 70.5 Å². The Hall–Kier alpha value is -2.91. The highest BCUT2D eigenvalue weighted by Crippen LogP contribution is 2.30. The highest BCUT2D eigenvalue weighted by Gasteiger charge is 2.15. The summed E-state index contributed by atoms with van der Waals surface area (Å²) in [6, 6.07) is 14.4. The number of aromatic nitrogens is 2. The van der Waals surface area contributed by atoms with Crippen LogP contribution in [0.4, 0.5) is 27.8 Å². The lowest BCUT2D eigenvalue weighted by atomic mass is 10.1. The van der Waals surface area contributed by atoms with Crippen molar-refractivity contribution < 1.29 is 4.79 Å². The largest absolute Gasteiger partial charge is 0.340 e. The average molecular weight is 500 g/mol. The number of amides is 2. The zero-order chi connectivity index (χ0) is 23.9. The molecule has 178 valence electrons. The first-order valence-electron chi connectivity index (χ1n) is 11.1. The van der Waals surface area contributed by atoms with E-state index in [1.54, 1.807) is 24.3 Å². The number of rotatable bonds is 7. The lowest BCUT2D eigenvalue weighted by molar-refractivity contribution is 0.132. The van der Waals surface area contributed by atoms with Crippen LogP contribution in [0.3, 0.4) is 0 Å². The third kappa shape index (κ3) is 6.57. The maximum absolute atomic E-state index is 12.4. The van der Waals surface area contributed by atoms with E-state index in [9.17, 15) is 4.79 Å². The van der Waals surface area contributed by atoms with Crippen LogP contribution in [0.1, 0.15) is 12.5 Å². The van der Waals surface area contributed by atoms with Crippen molar-refractivity contribution >= 4 is 52.2 Å². The number of urea groups is 1. The number of carbonyl (C=O) groups is 1. The van der Waals surface area contributed by atoms with E-state index in [1.807, 2.05) is 12.1 Å². The number of likely N-dealkylation sites (N-methyl/N-ethyl adjacent to an activating group) is 1. The minimum Gasteiger partial charge on any atom is -0.340 e. The van der Waals surface area contributed by atoms with E-state index in [0.29, 0.717) is 27.4 Å². The predicted octanol–water partition coefficient (Wildman–Crippen LogP) is 5.31. The van der Waals surface area contributed by atoms with Gasteiger partial charge in [0.25, 0.3) is 0 Å². The molecular weight excluding hydrogens is 473 g/mol. The first-order chi connectivity index (χ1) is 16.5. The summed E-state index contributed by atoms with van der Waals surface area (Å²) in [4.78, 5) is 25.7. The summed E-state index contributed by atoms with van der Waals surface area (Å²) in [6.45, 7) is 8.73. The van der Waals surface area contributed by atoms with Gasteiger partial charge in [-0.3, -0.25) is 10.2 Å². The Morgan fingerprint density at radius 3 is 2.24 bits per heavy atom. The molecule has 1 aliphatic rings. The topological polar surface area (TPSA) is 85.4 Å². The van der Waals surface area contributed by atoms with Gasteiger partial charge in [-0.15, -0.1) is 0 Å². The monoisotopic (exact) mass is 499 g/mol. The van der Waals surface area contributed by atoms with Crippen LogP contribution >= 0.6 is 23.2 Å². The zero-order valence-corrected chi connectivity index (χ0v) is 20.4. The normalized spacial score (nSPS) is 14.6. The van der Waals surface area contributed by atoms with E-state index in [1.165, 1.54) is 11.9 Å². The van der Waals surface area contributed by atoms with E-state index in [-0.39, 0.29) is 0 Å². The second kappa shape index (κ2) is 11.5. The minimum atomic E-state index is -0.510. The highest BCUT2D eigenvalue weighted by molar-refractivity contribution is 6.39. The smallest absolute Gasteiger partial charge is 0.324 e. The van der Waals surface area contributed by atoms with Gasteiger partial charge in [-0.1, -0.05) is 48.3 Å². The van der Waals surface area contributed by atoms with Gasteiger partial charge in [0.1, 0.15) is 18.0 Å². The number of piperazine rings is 1. The third-order valence-electron chi connectivity index (χ3n) is 5.65. The van der Waals surface area contributed by atoms with Gasteiger partial charge in [-0.2, -0.15) is 0 Å². The molecule has 2 amide bonds. The number of hydrogen-bond donors (Lipinski definition) is 3. The van der Waals surface area contributed by atoms with Crippen molar-refractivity contribution in [2.45, 2.75) is 13.5 Å². The van der Waals surface area contributed by atoms with Crippen LogP contribution in [0.15, 0.2) is 54.9 Å². The summed E-state index contributed by atoms with van der Waals surface area (Å²) in [6.07, 6.45) is 1.38. The van der Waals surface area contributed by atoms with E-state index in [2.05, 4.69) is 54.8 Å². The van der Waals surface area contributed by atoms with E-state index >= 15 is 0 Å². The molecule has 0 atom stereocenters. The molecule has 0 saturated carbocycles. The molecule has 1 aromatic heterocycles. The van der Waals surface area contributed by atoms with Gasteiger partial charge in [-0.05, 0) is 36.4 Å². The number of para-hydroxylation sites is 1. The number of benzene rings is 2. The summed E-state index contributed by atoms with van der Waals surface area (Å²) in [7, 11) is 0. The van der Waals surface area contributed by atoms with Crippen LogP contribution in [-0.2, 0) is 6.54 Å². The van der Waals surface area contributed by atoms with Crippen molar-refractivity contribution in [3.63, 3.8) is 0 Å². The van der Waals surface area contributed by atoms with Gasteiger partial charge in [0.05, 0.1) is 15.7 Å². The first kappa shape index (κ1) is 24.2. The van der Waals surface area contributed by atoms with Crippen LogP contribution in [0.5, 0.6) is 0 Å². The Bertz CT molecular complexity index is 1100. The van der Waals surface area contributed by atoms with Crippen molar-refractivity contribution in [1.82, 2.24) is 19.8 Å². The van der Waals surface area contributed by atoms with Crippen LogP contribution in [0, 0.1) is 0 Å². The molecule has 34 heavy (non-hydrogen) atoms. The lowest BCUT2D eigenvalue weighted by Gasteiger charge is -2.34. The quantitative estimate of drug-likeness (QED) is 0.408. The number of anilines is 4. The van der Waals surface area contributed by atoms with E-state index < -0.39 is 6.03 Å². The maximum Gasteiger partial charge on any atom is 0.324 e. The Morgan fingerprint density at radius 1 is 0.912 bits per heavy atom. The highest BCUT2D eigenvalue weighted by atomic mass is 35.5. The summed E-state index contributed by atoms with van der Waals surface area (Å²) in [5.41, 5.74) is 2.51. The molecule has 10 heteroatoms. The molecule has 0 aliphatic carbocycles. The summed E-state index contributed by atoms with van der Waals surface area (Å²) < 4.78 is 0. The Labute approximate surface area is 209 Å². The third-order valence-corrected chi connectivity index (χ3v) is 6.28. The average Bonchev–Trinajstić information content (AvgIpc) is 2.83. The molecule has 1 saturated heterocycles. The fourth-order valence-corrected chi connectivity index (χ4v) is 4.23. The fourth-order valence-electron chi connectivity index (χ4n) is 3.74. The molecule has 3 aromatic rings. The second-order valence-electron chi connectivity index (χ2n) is 8.00. The van der Waals surface area contributed by atoms with Crippen molar-refractivity contribution in [1.29, 1.82) is 0 Å². The Morgan fingerprint density at radius 2 is 1.56 bits per heavy atom. The number of nitrogens with one attached hydrogen (secondary N) is 3. The summed E-state index contributed by atoms with van der Waals surface area (Å²) >= 11 is 12.2. The van der Waals surface area contributed by atoms with Gasteiger partial charge in [0, 0.05) is 44.5 Å². The Kier molecular flexibility index (Phi) is 8.18. The van der Waals surface area contributed by atoms with Crippen LogP contribution in [0.25, 0.3) is 0 Å². The molecule has 4 rings (SSSR count). The fraction of sp³-hybridized carbons (Fsp3) is 0.292. The van der Waals surface area contributed by atoms with Crippen LogP contribution in [-0.4, -0.2) is 58.5 Å². The van der Waals surface area contributed by atoms with Crippen LogP contribution < -0.4 is 16.0 Å². The second-order valence-corrected chi connectivity index (χ2v) is 8.81. The Balaban J connectivity index is 1.32. The molecule has 3 N–H and O–H groups in total. The number of carbonyl (C=O) groups excluding carboxylic acids is 1. The molecule has 1 aliphatic heterocycles. The molecule has 0 unspecified atom stereocenters. The van der Waals surface area contributed by atoms with Gasteiger partial charge in [0.15, 0.2) is 0 Å². The summed E-state index contributed by atoms with van der Waals surface area (Å²) in [5.74, 6) is 0.894. The molecule has 0 spiro atoms. The molecular formula is C24H27Cl2N7O. The lowest BCUT2D eigenvalue weighted by Crippen LogP contribution is -2.45. The first-order valence-corrected chi connectivity index (χ1v) is 11.9. The SMILES string of the molecule is CCN1CCN(Cc2ccc(Nc3cc(NC(=O)Nc4c(Cl)cccc4Cl)ncn3)cc2)CC1.